The van der Waals surface area contributed by atoms with Crippen LogP contribution in [0.2, 0.25) is 0 Å². The number of fused-ring (bicyclic) bond motifs is 1. The number of halogens is 2. The van der Waals surface area contributed by atoms with E-state index in [2.05, 4.69) is 38.4 Å². The van der Waals surface area contributed by atoms with Gasteiger partial charge in [-0.3, -0.25) is 14.1 Å². The molecule has 340 valence electrons. The number of benzene rings is 2. The predicted octanol–water partition coefficient (Wildman–Crippen LogP) is 10.0. The highest BCUT2D eigenvalue weighted by molar-refractivity contribution is 7.91. The highest BCUT2D eigenvalue weighted by Crippen LogP contribution is 2.40. The monoisotopic (exact) mass is 886 g/mol. The highest BCUT2D eigenvalue weighted by atomic mass is 32.2. The standard InChI is InChI=1S/C48H73F2N5O4S2/c1-4-6-7-8-9-10-11-12-13-14-15-16-17-18-35-59-43-21-22-44(47(50)46(43)49)61(57,58)45-37-51-42-20-19-40(60(3)56)36-41(42)48(45)55-29-25-38(26-30-55)53-27-23-39(24-28-53)54-33-31-52(5-2)32-34-54/h19-22,36-39H,4-18,23-35H2,1-3H3. The summed E-state index contributed by atoms with van der Waals surface area (Å²) in [6.07, 6.45) is 23.9. The van der Waals surface area contributed by atoms with Crippen LogP contribution in [0.25, 0.3) is 10.9 Å². The van der Waals surface area contributed by atoms with Crippen molar-refractivity contribution in [1.29, 1.82) is 0 Å². The minimum Gasteiger partial charge on any atom is -0.490 e. The normalized spacial score (nSPS) is 18.6. The molecule has 9 nitrogen and oxygen atoms in total. The lowest BCUT2D eigenvalue weighted by molar-refractivity contribution is 0.0449. The molecular weight excluding hydrogens is 813 g/mol. The highest BCUT2D eigenvalue weighted by Gasteiger charge is 2.35. The van der Waals surface area contributed by atoms with Crippen molar-refractivity contribution in [2.75, 3.05) is 76.7 Å². The number of piperidine rings is 2. The molecule has 0 radical (unpaired) electrons. The molecule has 2 aromatic carbocycles. The summed E-state index contributed by atoms with van der Waals surface area (Å²) in [6, 6.07) is 8.55. The maximum atomic E-state index is 15.9. The first kappa shape index (κ1) is 47.8. The fraction of sp³-hybridized carbons (Fsp3) is 0.688. The van der Waals surface area contributed by atoms with Gasteiger partial charge in [-0.15, -0.1) is 0 Å². The van der Waals surface area contributed by atoms with Crippen molar-refractivity contribution in [2.24, 2.45) is 0 Å². The predicted molar refractivity (Wildman–Crippen MR) is 245 cm³/mol. The van der Waals surface area contributed by atoms with E-state index < -0.39 is 37.2 Å². The Bertz CT molecular complexity index is 1960. The Morgan fingerprint density at radius 1 is 0.689 bits per heavy atom. The van der Waals surface area contributed by atoms with Crippen LogP contribution in [0.3, 0.4) is 0 Å². The summed E-state index contributed by atoms with van der Waals surface area (Å²) in [4.78, 5) is 14.0. The minimum absolute atomic E-state index is 0.184. The largest absolute Gasteiger partial charge is 0.490 e. The molecule has 0 aliphatic carbocycles. The number of rotatable bonds is 23. The first-order chi connectivity index (χ1) is 29.6. The van der Waals surface area contributed by atoms with Gasteiger partial charge < -0.3 is 19.4 Å². The molecule has 3 aliphatic rings. The van der Waals surface area contributed by atoms with Gasteiger partial charge >= 0.3 is 0 Å². The number of hydrogen-bond acceptors (Lipinski definition) is 9. The molecule has 1 aromatic heterocycles. The van der Waals surface area contributed by atoms with Crippen molar-refractivity contribution in [3.8, 4) is 5.75 Å². The summed E-state index contributed by atoms with van der Waals surface area (Å²) in [5.74, 6) is -3.05. The Kier molecular flexibility index (Phi) is 18.7. The van der Waals surface area contributed by atoms with Crippen LogP contribution in [0.5, 0.6) is 5.75 Å². The lowest BCUT2D eigenvalue weighted by Gasteiger charge is -2.46. The summed E-state index contributed by atoms with van der Waals surface area (Å²) in [5.41, 5.74) is 0.949. The van der Waals surface area contributed by atoms with Crippen LogP contribution >= 0.6 is 0 Å². The number of unbranched alkanes of at least 4 members (excludes halogenated alkanes) is 13. The molecule has 3 aromatic rings. The number of anilines is 1. The van der Waals surface area contributed by atoms with Gasteiger partial charge in [-0.05, 0) is 82.1 Å². The molecule has 3 fully saturated rings. The van der Waals surface area contributed by atoms with Crippen molar-refractivity contribution in [1.82, 2.24) is 19.7 Å². The molecule has 13 heteroatoms. The Hall–Kier alpha value is -2.71. The molecule has 0 saturated carbocycles. The van der Waals surface area contributed by atoms with Gasteiger partial charge in [-0.25, -0.2) is 12.8 Å². The second kappa shape index (κ2) is 23.8. The Balaban J connectivity index is 1.06. The second-order valence-corrected chi connectivity index (χ2v) is 21.0. The molecule has 1 unspecified atom stereocenters. The van der Waals surface area contributed by atoms with E-state index in [4.69, 9.17) is 4.74 Å². The summed E-state index contributed by atoms with van der Waals surface area (Å²) < 4.78 is 78.7. The van der Waals surface area contributed by atoms with Crippen molar-refractivity contribution in [3.05, 3.63) is 48.2 Å². The van der Waals surface area contributed by atoms with Crippen LogP contribution in [0, 0.1) is 11.6 Å². The van der Waals surface area contributed by atoms with E-state index in [1.54, 1.807) is 24.5 Å². The zero-order chi connectivity index (χ0) is 43.2. The maximum Gasteiger partial charge on any atom is 0.213 e. The number of pyridine rings is 1. The molecule has 3 saturated heterocycles. The van der Waals surface area contributed by atoms with E-state index in [-0.39, 0.29) is 17.3 Å². The second-order valence-electron chi connectivity index (χ2n) is 17.7. The molecule has 6 rings (SSSR count). The number of ether oxygens (including phenoxy) is 1. The van der Waals surface area contributed by atoms with Gasteiger partial charge in [0, 0.05) is 84.9 Å². The molecular formula is C48H73F2N5O4S2. The zero-order valence-corrected chi connectivity index (χ0v) is 39.0. The number of aromatic nitrogens is 1. The van der Waals surface area contributed by atoms with E-state index in [1.807, 2.05) is 0 Å². The number of nitrogens with zero attached hydrogens (tertiary/aromatic N) is 5. The average Bonchev–Trinajstić information content (AvgIpc) is 3.28. The third-order valence-electron chi connectivity index (χ3n) is 13.6. The maximum absolute atomic E-state index is 15.9. The summed E-state index contributed by atoms with van der Waals surface area (Å²) in [5, 5.41) is 0.533. The van der Waals surface area contributed by atoms with Gasteiger partial charge in [0.2, 0.25) is 15.7 Å². The van der Waals surface area contributed by atoms with Crippen molar-refractivity contribution >= 4 is 37.2 Å². The summed E-state index contributed by atoms with van der Waals surface area (Å²) >= 11 is 0. The smallest absolute Gasteiger partial charge is 0.213 e. The van der Waals surface area contributed by atoms with E-state index in [0.717, 1.165) is 96.8 Å². The van der Waals surface area contributed by atoms with Crippen LogP contribution in [0.15, 0.2) is 51.2 Å². The van der Waals surface area contributed by atoms with Crippen molar-refractivity contribution < 1.29 is 26.1 Å². The first-order valence-corrected chi connectivity index (χ1v) is 26.7. The summed E-state index contributed by atoms with van der Waals surface area (Å²) in [7, 11) is -5.92. The Morgan fingerprint density at radius 3 is 1.82 bits per heavy atom. The SMILES string of the molecule is CCCCCCCCCCCCCCCCOc1ccc(S(=O)(=O)c2cnc3ccc(S(C)=O)cc3c2N2CCC(N3CCC(N4CCN(CC)CC4)CC3)CC2)c(F)c1F. The lowest BCUT2D eigenvalue weighted by Crippen LogP contribution is -2.55. The van der Waals surface area contributed by atoms with E-state index >= 15 is 8.78 Å². The zero-order valence-electron chi connectivity index (χ0n) is 37.4. The van der Waals surface area contributed by atoms with Crippen LogP contribution in [0.1, 0.15) is 129 Å². The molecule has 4 heterocycles. The average molecular weight is 886 g/mol. The molecule has 1 atom stereocenters. The number of piperazine rings is 1. The first-order valence-electron chi connectivity index (χ1n) is 23.7. The number of likely N-dealkylation sites (N-methyl/N-ethyl adjacent to an activating group) is 1. The van der Waals surface area contributed by atoms with Gasteiger partial charge in [-0.1, -0.05) is 97.3 Å². The molecule has 3 aliphatic heterocycles. The molecule has 0 spiro atoms. The third-order valence-corrected chi connectivity index (χ3v) is 16.3. The van der Waals surface area contributed by atoms with Crippen molar-refractivity contribution in [2.45, 2.75) is 156 Å². The minimum atomic E-state index is -4.59. The fourth-order valence-electron chi connectivity index (χ4n) is 9.79. The lowest BCUT2D eigenvalue weighted by atomic mass is 9.96. The van der Waals surface area contributed by atoms with Gasteiger partial charge in [0.25, 0.3) is 0 Å². The van der Waals surface area contributed by atoms with E-state index in [1.165, 1.54) is 76.5 Å². The van der Waals surface area contributed by atoms with Crippen LogP contribution in [-0.2, 0) is 20.6 Å². The number of sulfone groups is 1. The fourth-order valence-corrected chi connectivity index (χ4v) is 11.8. The molecule has 0 bridgehead atoms. The topological polar surface area (TPSA) is 86.3 Å². The molecule has 0 amide bonds. The van der Waals surface area contributed by atoms with E-state index in [0.29, 0.717) is 53.1 Å². The van der Waals surface area contributed by atoms with Gasteiger partial charge in [-0.2, -0.15) is 4.39 Å². The van der Waals surface area contributed by atoms with Gasteiger partial charge in [0.05, 0.1) is 17.8 Å². The van der Waals surface area contributed by atoms with Crippen LogP contribution < -0.4 is 9.64 Å². The Labute approximate surface area is 368 Å². The summed E-state index contributed by atoms with van der Waals surface area (Å²) in [6.45, 7) is 13.7. The van der Waals surface area contributed by atoms with Crippen LogP contribution in [-0.4, -0.2) is 116 Å². The number of likely N-dealkylation sites (tertiary alicyclic amines) is 1. The molecule has 61 heavy (non-hydrogen) atoms. The quantitative estimate of drug-likeness (QED) is 0.0865. The number of hydrogen-bond donors (Lipinski definition) is 0. The van der Waals surface area contributed by atoms with Gasteiger partial charge in [0.15, 0.2) is 11.6 Å². The molecule has 0 N–H and O–H groups in total. The third kappa shape index (κ3) is 12.7. The van der Waals surface area contributed by atoms with E-state index in [9.17, 15) is 12.6 Å². The van der Waals surface area contributed by atoms with Crippen molar-refractivity contribution in [3.63, 3.8) is 0 Å². The van der Waals surface area contributed by atoms with Crippen LogP contribution in [0.4, 0.5) is 14.5 Å². The Morgan fingerprint density at radius 2 is 1.25 bits per heavy atom. The van der Waals surface area contributed by atoms with Gasteiger partial charge in [0.1, 0.15) is 9.79 Å².